The maximum absolute atomic E-state index is 12.5. The number of rotatable bonds is 3. The van der Waals surface area contributed by atoms with Gasteiger partial charge in [0, 0.05) is 26.3 Å². The molecule has 20 heavy (non-hydrogen) atoms. The van der Waals surface area contributed by atoms with Crippen molar-refractivity contribution in [2.45, 2.75) is 20.4 Å². The number of aromatic nitrogens is 2. The van der Waals surface area contributed by atoms with Crippen LogP contribution in [0.4, 0.5) is 0 Å². The number of amides is 1. The minimum absolute atomic E-state index is 0.0406. The molecule has 1 amide bonds. The van der Waals surface area contributed by atoms with Gasteiger partial charge < -0.3 is 10.0 Å². The van der Waals surface area contributed by atoms with Gasteiger partial charge in [-0.3, -0.25) is 9.48 Å². The van der Waals surface area contributed by atoms with E-state index in [4.69, 9.17) is 0 Å². The summed E-state index contributed by atoms with van der Waals surface area (Å²) in [5, 5.41) is 13.5. The van der Waals surface area contributed by atoms with Crippen molar-refractivity contribution in [3.8, 4) is 5.75 Å². The lowest BCUT2D eigenvalue weighted by Gasteiger charge is -2.17. The first-order valence-electron chi connectivity index (χ1n) is 6.43. The van der Waals surface area contributed by atoms with Gasteiger partial charge in [-0.2, -0.15) is 5.10 Å². The van der Waals surface area contributed by atoms with Gasteiger partial charge in [-0.1, -0.05) is 12.1 Å². The molecular formula is C15H19N3O2. The molecule has 1 aromatic heterocycles. The van der Waals surface area contributed by atoms with Crippen molar-refractivity contribution in [2.24, 2.45) is 7.05 Å². The zero-order valence-corrected chi connectivity index (χ0v) is 12.2. The number of aryl methyl sites for hydroxylation is 2. The summed E-state index contributed by atoms with van der Waals surface area (Å²) in [5.41, 5.74) is 3.24. The molecule has 0 saturated heterocycles. The molecule has 5 heteroatoms. The van der Waals surface area contributed by atoms with Crippen molar-refractivity contribution in [2.75, 3.05) is 7.05 Å². The Kier molecular flexibility index (Phi) is 3.79. The summed E-state index contributed by atoms with van der Waals surface area (Å²) >= 11 is 0. The summed E-state index contributed by atoms with van der Waals surface area (Å²) in [7, 11) is 3.60. The molecule has 0 radical (unpaired) electrons. The number of carbonyl (C=O) groups excluding carboxylic acids is 1. The molecular weight excluding hydrogens is 254 g/mol. The lowest BCUT2D eigenvalue weighted by atomic mass is 10.1. The zero-order chi connectivity index (χ0) is 14.9. The molecule has 106 valence electrons. The van der Waals surface area contributed by atoms with Gasteiger partial charge in [0.1, 0.15) is 5.75 Å². The van der Waals surface area contributed by atoms with E-state index in [2.05, 4.69) is 5.10 Å². The first kappa shape index (κ1) is 14.1. The van der Waals surface area contributed by atoms with Crippen molar-refractivity contribution >= 4 is 5.91 Å². The van der Waals surface area contributed by atoms with Crippen LogP contribution in [0.5, 0.6) is 5.75 Å². The Bertz CT molecular complexity index is 629. The van der Waals surface area contributed by atoms with E-state index in [1.807, 2.05) is 33.0 Å². The smallest absolute Gasteiger partial charge is 0.257 e. The summed E-state index contributed by atoms with van der Waals surface area (Å²) in [6, 6.07) is 6.85. The van der Waals surface area contributed by atoms with Gasteiger partial charge in [0.25, 0.3) is 5.91 Å². The highest BCUT2D eigenvalue weighted by Crippen LogP contribution is 2.16. The summed E-state index contributed by atoms with van der Waals surface area (Å²) < 4.78 is 1.72. The van der Waals surface area contributed by atoms with Crippen LogP contribution in [-0.2, 0) is 13.6 Å². The summed E-state index contributed by atoms with van der Waals surface area (Å²) in [4.78, 5) is 14.2. The molecule has 0 fully saturated rings. The van der Waals surface area contributed by atoms with E-state index in [0.29, 0.717) is 12.1 Å². The van der Waals surface area contributed by atoms with Crippen LogP contribution < -0.4 is 0 Å². The van der Waals surface area contributed by atoms with E-state index in [0.717, 1.165) is 17.0 Å². The quantitative estimate of drug-likeness (QED) is 0.930. The summed E-state index contributed by atoms with van der Waals surface area (Å²) in [6.07, 6.45) is 0. The fraction of sp³-hybridized carbons (Fsp3) is 0.333. The Hall–Kier alpha value is -2.30. The van der Waals surface area contributed by atoms with Crippen molar-refractivity contribution < 1.29 is 9.90 Å². The first-order valence-corrected chi connectivity index (χ1v) is 6.43. The van der Waals surface area contributed by atoms with Crippen LogP contribution in [0.1, 0.15) is 27.3 Å². The Morgan fingerprint density at radius 1 is 1.30 bits per heavy atom. The van der Waals surface area contributed by atoms with Crippen molar-refractivity contribution in [3.63, 3.8) is 0 Å². The molecule has 0 atom stereocenters. The molecule has 5 nitrogen and oxygen atoms in total. The maximum Gasteiger partial charge on any atom is 0.257 e. The SMILES string of the molecule is Cc1nn(C)c(C)c1C(=O)N(C)Cc1ccc(O)cc1. The molecule has 0 aliphatic heterocycles. The minimum atomic E-state index is -0.0406. The highest BCUT2D eigenvalue weighted by molar-refractivity contribution is 5.96. The lowest BCUT2D eigenvalue weighted by molar-refractivity contribution is 0.0783. The van der Waals surface area contributed by atoms with Crippen LogP contribution in [0.25, 0.3) is 0 Å². The molecule has 1 aromatic carbocycles. The van der Waals surface area contributed by atoms with Gasteiger partial charge in [0.15, 0.2) is 0 Å². The predicted octanol–water partition coefficient (Wildman–Crippen LogP) is 2.01. The molecule has 2 aromatic rings. The highest BCUT2D eigenvalue weighted by atomic mass is 16.3. The Morgan fingerprint density at radius 2 is 1.90 bits per heavy atom. The van der Waals surface area contributed by atoms with Gasteiger partial charge in [0.2, 0.25) is 0 Å². The Balaban J connectivity index is 2.18. The number of phenolic OH excluding ortho intramolecular Hbond substituents is 1. The Morgan fingerprint density at radius 3 is 2.40 bits per heavy atom. The average Bonchev–Trinajstić information content (AvgIpc) is 2.65. The molecule has 0 saturated carbocycles. The number of carbonyl (C=O) groups is 1. The van der Waals surface area contributed by atoms with E-state index in [1.54, 1.807) is 28.8 Å². The fourth-order valence-electron chi connectivity index (χ4n) is 2.22. The number of nitrogens with zero attached hydrogens (tertiary/aromatic N) is 3. The number of hydrogen-bond donors (Lipinski definition) is 1. The molecule has 0 unspecified atom stereocenters. The van der Waals surface area contributed by atoms with E-state index < -0.39 is 0 Å². The van der Waals surface area contributed by atoms with Crippen molar-refractivity contribution in [1.82, 2.24) is 14.7 Å². The third kappa shape index (κ3) is 2.66. The van der Waals surface area contributed by atoms with Gasteiger partial charge >= 0.3 is 0 Å². The third-order valence-electron chi connectivity index (χ3n) is 3.43. The van der Waals surface area contributed by atoms with Gasteiger partial charge in [0.05, 0.1) is 11.3 Å². The summed E-state index contributed by atoms with van der Waals surface area (Å²) in [5.74, 6) is 0.183. The number of benzene rings is 1. The van der Waals surface area contributed by atoms with Crippen LogP contribution in [0, 0.1) is 13.8 Å². The third-order valence-corrected chi connectivity index (χ3v) is 3.43. The molecule has 1 heterocycles. The van der Waals surface area contributed by atoms with Gasteiger partial charge in [-0.05, 0) is 31.5 Å². The summed E-state index contributed by atoms with van der Waals surface area (Å²) in [6.45, 7) is 4.23. The van der Waals surface area contributed by atoms with Crippen molar-refractivity contribution in [3.05, 3.63) is 46.8 Å². The number of phenols is 1. The zero-order valence-electron chi connectivity index (χ0n) is 12.2. The molecule has 0 bridgehead atoms. The second kappa shape index (κ2) is 5.36. The molecule has 0 spiro atoms. The predicted molar refractivity (Wildman–Crippen MR) is 76.6 cm³/mol. The van der Waals surface area contributed by atoms with Crippen LogP contribution in [0.15, 0.2) is 24.3 Å². The van der Waals surface area contributed by atoms with E-state index in [9.17, 15) is 9.90 Å². The van der Waals surface area contributed by atoms with Crippen LogP contribution in [-0.4, -0.2) is 32.7 Å². The first-order chi connectivity index (χ1) is 9.40. The molecule has 0 aliphatic carbocycles. The van der Waals surface area contributed by atoms with Crippen LogP contribution >= 0.6 is 0 Å². The highest BCUT2D eigenvalue weighted by Gasteiger charge is 2.20. The lowest BCUT2D eigenvalue weighted by Crippen LogP contribution is -2.27. The fourth-order valence-corrected chi connectivity index (χ4v) is 2.22. The molecule has 2 rings (SSSR count). The molecule has 1 N–H and O–H groups in total. The Labute approximate surface area is 118 Å². The second-order valence-corrected chi connectivity index (χ2v) is 5.00. The average molecular weight is 273 g/mol. The number of aromatic hydroxyl groups is 1. The minimum Gasteiger partial charge on any atom is -0.508 e. The standard InChI is InChI=1S/C15H19N3O2/c1-10-14(11(2)18(4)16-10)15(20)17(3)9-12-5-7-13(19)8-6-12/h5-8,19H,9H2,1-4H3. The largest absolute Gasteiger partial charge is 0.508 e. The van der Waals surface area contributed by atoms with Crippen LogP contribution in [0.3, 0.4) is 0 Å². The normalized spacial score (nSPS) is 10.6. The van der Waals surface area contributed by atoms with E-state index in [-0.39, 0.29) is 11.7 Å². The monoisotopic (exact) mass is 273 g/mol. The van der Waals surface area contributed by atoms with Crippen LogP contribution in [0.2, 0.25) is 0 Å². The second-order valence-electron chi connectivity index (χ2n) is 5.00. The molecule has 0 aliphatic rings. The van der Waals surface area contributed by atoms with Gasteiger partial charge in [-0.25, -0.2) is 0 Å². The van der Waals surface area contributed by atoms with E-state index in [1.165, 1.54) is 0 Å². The van der Waals surface area contributed by atoms with Gasteiger partial charge in [-0.15, -0.1) is 0 Å². The number of hydrogen-bond acceptors (Lipinski definition) is 3. The maximum atomic E-state index is 12.5. The van der Waals surface area contributed by atoms with Crippen molar-refractivity contribution in [1.29, 1.82) is 0 Å². The van der Waals surface area contributed by atoms with E-state index >= 15 is 0 Å². The topological polar surface area (TPSA) is 58.4 Å².